The third kappa shape index (κ3) is 4.20. The topological polar surface area (TPSA) is 115 Å². The number of rotatable bonds is 8. The molecule has 3 rings (SSSR count). The number of amides is 1. The lowest BCUT2D eigenvalue weighted by molar-refractivity contribution is -0.141. The second-order valence-electron chi connectivity index (χ2n) is 6.22. The van der Waals surface area contributed by atoms with Crippen LogP contribution < -0.4 is 15.7 Å². The number of para-hydroxylation sites is 1. The van der Waals surface area contributed by atoms with E-state index in [4.69, 9.17) is 4.74 Å². The molecule has 9 nitrogen and oxygen atoms in total. The van der Waals surface area contributed by atoms with Crippen LogP contribution in [0.15, 0.2) is 53.5 Å². The molecule has 3 aromatic rings. The molecule has 1 amide bonds. The summed E-state index contributed by atoms with van der Waals surface area (Å²) in [5.74, 6) is -1.76. The summed E-state index contributed by atoms with van der Waals surface area (Å²) >= 11 is 0. The van der Waals surface area contributed by atoms with Crippen LogP contribution in [0, 0.1) is 5.92 Å². The summed E-state index contributed by atoms with van der Waals surface area (Å²) in [6.07, 6.45) is 1.76. The number of hydrogen-bond acceptors (Lipinski definition) is 5. The number of hydrogen-bond donors (Lipinski definition) is 2. The molecule has 0 saturated heterocycles. The van der Waals surface area contributed by atoms with Crippen molar-refractivity contribution in [2.45, 2.75) is 13.0 Å². The second-order valence-corrected chi connectivity index (χ2v) is 6.22. The molecule has 0 spiro atoms. The Labute approximate surface area is 160 Å². The SMILES string of the molecule is COc1ccccc1CC(CNC(=O)Cn1nc2ccccn2c1=O)C(=O)O. The van der Waals surface area contributed by atoms with Gasteiger partial charge in [0, 0.05) is 12.7 Å². The average molecular weight is 384 g/mol. The van der Waals surface area contributed by atoms with E-state index in [1.54, 1.807) is 48.7 Å². The van der Waals surface area contributed by atoms with Gasteiger partial charge in [-0.1, -0.05) is 24.3 Å². The monoisotopic (exact) mass is 384 g/mol. The average Bonchev–Trinajstić information content (AvgIpc) is 3.01. The maximum atomic E-state index is 12.2. The molecule has 2 N–H and O–H groups in total. The standard InChI is InChI=1S/C19H20N4O5/c1-28-15-7-3-2-6-13(15)10-14(18(25)26)11-20-17(24)12-23-19(27)22-9-5-4-8-16(22)21-23/h2-9,14H,10-12H2,1H3,(H,20,24)(H,25,26). The summed E-state index contributed by atoms with van der Waals surface area (Å²) in [5.41, 5.74) is 0.734. The van der Waals surface area contributed by atoms with E-state index in [-0.39, 0.29) is 19.5 Å². The van der Waals surface area contributed by atoms with E-state index in [0.717, 1.165) is 10.2 Å². The summed E-state index contributed by atoms with van der Waals surface area (Å²) in [6, 6.07) is 12.2. The molecule has 1 atom stereocenters. The van der Waals surface area contributed by atoms with E-state index in [9.17, 15) is 19.5 Å². The lowest BCUT2D eigenvalue weighted by Crippen LogP contribution is -2.37. The Morgan fingerprint density at radius 3 is 2.68 bits per heavy atom. The summed E-state index contributed by atoms with van der Waals surface area (Å²) < 4.78 is 7.61. The number of benzene rings is 1. The Bertz CT molecular complexity index is 1060. The minimum Gasteiger partial charge on any atom is -0.496 e. The fourth-order valence-corrected chi connectivity index (χ4v) is 2.88. The summed E-state index contributed by atoms with van der Waals surface area (Å²) in [6.45, 7) is -0.365. The van der Waals surface area contributed by atoms with Crippen LogP contribution in [0.4, 0.5) is 0 Å². The molecular formula is C19H20N4O5. The molecule has 146 valence electrons. The highest BCUT2D eigenvalue weighted by Gasteiger charge is 2.21. The van der Waals surface area contributed by atoms with Gasteiger partial charge in [-0.3, -0.25) is 14.0 Å². The van der Waals surface area contributed by atoms with E-state index < -0.39 is 23.5 Å². The Balaban J connectivity index is 1.64. The Morgan fingerprint density at radius 1 is 1.21 bits per heavy atom. The predicted molar refractivity (Wildman–Crippen MR) is 100 cm³/mol. The molecule has 0 bridgehead atoms. The van der Waals surface area contributed by atoms with E-state index in [1.165, 1.54) is 11.5 Å². The van der Waals surface area contributed by atoms with Crippen molar-refractivity contribution >= 4 is 17.5 Å². The fourth-order valence-electron chi connectivity index (χ4n) is 2.88. The van der Waals surface area contributed by atoms with Crippen LogP contribution in [-0.2, 0) is 22.6 Å². The highest BCUT2D eigenvalue weighted by Crippen LogP contribution is 2.21. The molecule has 2 aromatic heterocycles. The molecule has 0 saturated carbocycles. The largest absolute Gasteiger partial charge is 0.496 e. The first-order valence-electron chi connectivity index (χ1n) is 8.65. The van der Waals surface area contributed by atoms with Gasteiger partial charge >= 0.3 is 11.7 Å². The maximum Gasteiger partial charge on any atom is 0.350 e. The number of nitrogens with zero attached hydrogens (tertiary/aromatic N) is 3. The van der Waals surface area contributed by atoms with Gasteiger partial charge in [0.1, 0.15) is 12.3 Å². The molecule has 1 unspecified atom stereocenters. The molecule has 28 heavy (non-hydrogen) atoms. The van der Waals surface area contributed by atoms with Crippen molar-refractivity contribution in [3.05, 3.63) is 64.7 Å². The van der Waals surface area contributed by atoms with Crippen LogP contribution >= 0.6 is 0 Å². The predicted octanol–water partition coefficient (Wildman–Crippen LogP) is 0.564. The highest BCUT2D eigenvalue weighted by molar-refractivity contribution is 5.77. The number of ether oxygens (including phenoxy) is 1. The third-order valence-corrected chi connectivity index (χ3v) is 4.34. The van der Waals surface area contributed by atoms with Crippen molar-refractivity contribution in [2.24, 2.45) is 5.92 Å². The van der Waals surface area contributed by atoms with E-state index in [0.29, 0.717) is 11.4 Å². The van der Waals surface area contributed by atoms with Crippen molar-refractivity contribution in [2.75, 3.05) is 13.7 Å². The smallest absolute Gasteiger partial charge is 0.350 e. The van der Waals surface area contributed by atoms with Gasteiger partial charge < -0.3 is 15.2 Å². The van der Waals surface area contributed by atoms with Gasteiger partial charge in [-0.2, -0.15) is 0 Å². The highest BCUT2D eigenvalue weighted by atomic mass is 16.5. The zero-order valence-electron chi connectivity index (χ0n) is 15.2. The fraction of sp³-hybridized carbons (Fsp3) is 0.263. The maximum absolute atomic E-state index is 12.2. The lowest BCUT2D eigenvalue weighted by atomic mass is 9.98. The van der Waals surface area contributed by atoms with Gasteiger partial charge in [0.15, 0.2) is 5.65 Å². The van der Waals surface area contributed by atoms with E-state index >= 15 is 0 Å². The minimum absolute atomic E-state index is 0.0751. The number of fused-ring (bicyclic) bond motifs is 1. The number of carboxylic acids is 1. The number of carboxylic acid groups (broad SMARTS) is 1. The first-order valence-corrected chi connectivity index (χ1v) is 8.65. The number of carbonyl (C=O) groups is 2. The zero-order valence-corrected chi connectivity index (χ0v) is 15.2. The van der Waals surface area contributed by atoms with Gasteiger partial charge in [-0.25, -0.2) is 9.48 Å². The van der Waals surface area contributed by atoms with E-state index in [2.05, 4.69) is 10.4 Å². The summed E-state index contributed by atoms with van der Waals surface area (Å²) in [4.78, 5) is 36.0. The number of pyridine rings is 1. The van der Waals surface area contributed by atoms with Crippen LogP contribution in [0.5, 0.6) is 5.75 Å². The molecule has 9 heteroatoms. The summed E-state index contributed by atoms with van der Waals surface area (Å²) in [7, 11) is 1.52. The molecule has 1 aromatic carbocycles. The number of aliphatic carboxylic acids is 1. The summed E-state index contributed by atoms with van der Waals surface area (Å²) in [5, 5.41) is 16.1. The Morgan fingerprint density at radius 2 is 1.96 bits per heavy atom. The molecule has 0 aliphatic heterocycles. The number of nitrogens with one attached hydrogen (secondary N) is 1. The van der Waals surface area contributed by atoms with Crippen molar-refractivity contribution in [1.29, 1.82) is 0 Å². The number of aromatic nitrogens is 3. The van der Waals surface area contributed by atoms with E-state index in [1.807, 2.05) is 0 Å². The quantitative estimate of drug-likeness (QED) is 0.587. The molecule has 0 radical (unpaired) electrons. The molecule has 0 aliphatic rings. The van der Waals surface area contributed by atoms with Crippen LogP contribution in [0.3, 0.4) is 0 Å². The van der Waals surface area contributed by atoms with Gasteiger partial charge in [0.05, 0.1) is 13.0 Å². The second kappa shape index (κ2) is 8.38. The molecular weight excluding hydrogens is 364 g/mol. The van der Waals surface area contributed by atoms with Gasteiger partial charge in [0.25, 0.3) is 0 Å². The molecule has 0 fully saturated rings. The third-order valence-electron chi connectivity index (χ3n) is 4.34. The number of methoxy groups -OCH3 is 1. The zero-order chi connectivity index (χ0) is 20.1. The van der Waals surface area contributed by atoms with Crippen LogP contribution in [0.2, 0.25) is 0 Å². The van der Waals surface area contributed by atoms with Crippen molar-refractivity contribution in [3.63, 3.8) is 0 Å². The normalized spacial score (nSPS) is 11.9. The molecule has 0 aliphatic carbocycles. The van der Waals surface area contributed by atoms with Gasteiger partial charge in [0.2, 0.25) is 5.91 Å². The van der Waals surface area contributed by atoms with Crippen molar-refractivity contribution in [3.8, 4) is 5.75 Å². The van der Waals surface area contributed by atoms with Crippen LogP contribution in [-0.4, -0.2) is 44.8 Å². The minimum atomic E-state index is -1.03. The van der Waals surface area contributed by atoms with Gasteiger partial charge in [-0.15, -0.1) is 5.10 Å². The Hall–Kier alpha value is -3.62. The Kier molecular flexibility index (Phi) is 5.73. The van der Waals surface area contributed by atoms with Crippen LogP contribution in [0.25, 0.3) is 5.65 Å². The van der Waals surface area contributed by atoms with Crippen LogP contribution in [0.1, 0.15) is 5.56 Å². The number of carbonyl (C=O) groups excluding carboxylic acids is 1. The first-order chi connectivity index (χ1) is 13.5. The first kappa shape index (κ1) is 19.2. The van der Waals surface area contributed by atoms with Crippen molar-refractivity contribution < 1.29 is 19.4 Å². The van der Waals surface area contributed by atoms with Crippen molar-refractivity contribution in [1.82, 2.24) is 19.5 Å². The lowest BCUT2D eigenvalue weighted by Gasteiger charge is -2.15. The molecule has 2 heterocycles. The van der Waals surface area contributed by atoms with Gasteiger partial charge in [-0.05, 0) is 30.2 Å².